The van der Waals surface area contributed by atoms with Gasteiger partial charge in [0.05, 0.1) is 22.4 Å². The third-order valence-electron chi connectivity index (χ3n) is 5.56. The number of hydrogen-bond acceptors (Lipinski definition) is 4. The van der Waals surface area contributed by atoms with Crippen LogP contribution in [0.15, 0.2) is 21.0 Å². The summed E-state index contributed by atoms with van der Waals surface area (Å²) in [5, 5.41) is 4.51. The summed E-state index contributed by atoms with van der Waals surface area (Å²) in [6.45, 7) is 9.37. The Morgan fingerprint density at radius 2 is 2.04 bits per heavy atom. The topological polar surface area (TPSA) is 54.5 Å². The van der Waals surface area contributed by atoms with E-state index in [2.05, 4.69) is 25.9 Å². The molecule has 4 rings (SSSR count). The van der Waals surface area contributed by atoms with E-state index in [4.69, 9.17) is 4.42 Å². The molecule has 146 valence electrons. The second-order valence-corrected chi connectivity index (χ2v) is 8.59. The molecule has 0 atom stereocenters. The highest BCUT2D eigenvalue weighted by molar-refractivity contribution is 9.10. The standard InChI is InChI=1S/C20H27BrN4O2/c1-14-19(21)15(2)25(22-14)13-17-6-7-18(27-17)20(26)24-9-3-8-23(10-11-24)12-16-4-5-16/h6-7,16H,3-5,8-13H2,1-2H3. The molecule has 3 heterocycles. The van der Waals surface area contributed by atoms with Crippen molar-refractivity contribution in [3.63, 3.8) is 0 Å². The van der Waals surface area contributed by atoms with Crippen molar-refractivity contribution in [1.29, 1.82) is 0 Å². The number of hydrogen-bond donors (Lipinski definition) is 0. The Balaban J connectivity index is 1.38. The third-order valence-corrected chi connectivity index (χ3v) is 6.71. The number of halogens is 1. The average molecular weight is 435 g/mol. The average Bonchev–Trinajstić information content (AvgIpc) is 3.36. The van der Waals surface area contributed by atoms with Crippen molar-refractivity contribution in [2.45, 2.75) is 39.7 Å². The molecule has 1 amide bonds. The molecule has 1 saturated carbocycles. The van der Waals surface area contributed by atoms with Crippen molar-refractivity contribution in [2.75, 3.05) is 32.7 Å². The van der Waals surface area contributed by atoms with E-state index in [9.17, 15) is 4.79 Å². The van der Waals surface area contributed by atoms with Gasteiger partial charge in [-0.2, -0.15) is 5.10 Å². The molecule has 2 aromatic heterocycles. The summed E-state index contributed by atoms with van der Waals surface area (Å²) in [6, 6.07) is 3.68. The molecule has 1 aliphatic heterocycles. The van der Waals surface area contributed by atoms with Crippen molar-refractivity contribution in [3.8, 4) is 0 Å². The normalized spacial score (nSPS) is 18.7. The van der Waals surface area contributed by atoms with Crippen LogP contribution in [0.2, 0.25) is 0 Å². The fourth-order valence-corrected chi connectivity index (χ4v) is 4.02. The quantitative estimate of drug-likeness (QED) is 0.722. The maximum Gasteiger partial charge on any atom is 0.289 e. The predicted molar refractivity (Wildman–Crippen MR) is 107 cm³/mol. The zero-order valence-corrected chi connectivity index (χ0v) is 17.7. The SMILES string of the molecule is Cc1nn(Cc2ccc(C(=O)N3CCCN(CC4CC4)CC3)o2)c(C)c1Br. The molecule has 0 spiro atoms. The molecule has 0 radical (unpaired) electrons. The molecule has 2 aliphatic rings. The highest BCUT2D eigenvalue weighted by Gasteiger charge is 2.27. The minimum absolute atomic E-state index is 0.00377. The van der Waals surface area contributed by atoms with Gasteiger partial charge >= 0.3 is 0 Å². The van der Waals surface area contributed by atoms with E-state index >= 15 is 0 Å². The Morgan fingerprint density at radius 3 is 2.74 bits per heavy atom. The van der Waals surface area contributed by atoms with Gasteiger partial charge in [-0.25, -0.2) is 0 Å². The zero-order valence-electron chi connectivity index (χ0n) is 16.1. The van der Waals surface area contributed by atoms with Crippen LogP contribution >= 0.6 is 15.9 Å². The minimum Gasteiger partial charge on any atom is -0.454 e. The highest BCUT2D eigenvalue weighted by Crippen LogP contribution is 2.30. The Kier molecular flexibility index (Phi) is 5.41. The number of furan rings is 1. The number of carbonyl (C=O) groups excluding carboxylic acids is 1. The van der Waals surface area contributed by atoms with Gasteiger partial charge in [-0.05, 0) is 73.6 Å². The molecular weight excluding hydrogens is 408 g/mol. The maximum absolute atomic E-state index is 12.9. The minimum atomic E-state index is 0.00377. The first-order chi connectivity index (χ1) is 13.0. The fraction of sp³-hybridized carbons (Fsp3) is 0.600. The van der Waals surface area contributed by atoms with Crippen molar-refractivity contribution < 1.29 is 9.21 Å². The van der Waals surface area contributed by atoms with Crippen molar-refractivity contribution in [1.82, 2.24) is 19.6 Å². The molecule has 0 bridgehead atoms. The zero-order chi connectivity index (χ0) is 19.0. The monoisotopic (exact) mass is 434 g/mol. The van der Waals surface area contributed by atoms with Crippen LogP contribution in [0.3, 0.4) is 0 Å². The largest absolute Gasteiger partial charge is 0.454 e. The number of aryl methyl sites for hydroxylation is 1. The van der Waals surface area contributed by atoms with E-state index in [1.165, 1.54) is 19.4 Å². The molecule has 1 saturated heterocycles. The number of carbonyl (C=O) groups is 1. The number of amides is 1. The van der Waals surface area contributed by atoms with Gasteiger partial charge in [0.25, 0.3) is 5.91 Å². The second kappa shape index (κ2) is 7.80. The Labute approximate surface area is 168 Å². The molecule has 0 aromatic carbocycles. The second-order valence-electron chi connectivity index (χ2n) is 7.80. The first-order valence-electron chi connectivity index (χ1n) is 9.81. The summed E-state index contributed by atoms with van der Waals surface area (Å²) in [5.41, 5.74) is 2.01. The number of nitrogens with zero attached hydrogens (tertiary/aromatic N) is 4. The van der Waals surface area contributed by atoms with E-state index < -0.39 is 0 Å². The predicted octanol–water partition coefficient (Wildman–Crippen LogP) is 3.46. The molecule has 0 unspecified atom stereocenters. The lowest BCUT2D eigenvalue weighted by Crippen LogP contribution is -2.35. The summed E-state index contributed by atoms with van der Waals surface area (Å²) in [7, 11) is 0. The van der Waals surface area contributed by atoms with E-state index in [1.54, 1.807) is 6.07 Å². The fourth-order valence-electron chi connectivity index (χ4n) is 3.73. The van der Waals surface area contributed by atoms with Crippen molar-refractivity contribution in [2.24, 2.45) is 5.92 Å². The smallest absolute Gasteiger partial charge is 0.289 e. The summed E-state index contributed by atoms with van der Waals surface area (Å²) in [6.07, 6.45) is 3.78. The summed E-state index contributed by atoms with van der Waals surface area (Å²) < 4.78 is 8.78. The van der Waals surface area contributed by atoms with Gasteiger partial charge in [0, 0.05) is 26.2 Å². The van der Waals surface area contributed by atoms with Gasteiger partial charge in [-0.3, -0.25) is 9.48 Å². The van der Waals surface area contributed by atoms with Crippen LogP contribution in [0, 0.1) is 19.8 Å². The van der Waals surface area contributed by atoms with Gasteiger partial charge in [-0.1, -0.05) is 0 Å². The van der Waals surface area contributed by atoms with E-state index in [0.29, 0.717) is 12.3 Å². The van der Waals surface area contributed by atoms with Crippen LogP contribution in [0.1, 0.15) is 47.0 Å². The molecule has 2 fully saturated rings. The first-order valence-corrected chi connectivity index (χ1v) is 10.6. The molecular formula is C20H27BrN4O2. The lowest BCUT2D eigenvalue weighted by atomic mass is 10.3. The molecule has 27 heavy (non-hydrogen) atoms. The van der Waals surface area contributed by atoms with Gasteiger partial charge in [0.15, 0.2) is 5.76 Å². The van der Waals surface area contributed by atoms with Crippen molar-refractivity contribution >= 4 is 21.8 Å². The Hall–Kier alpha value is -1.60. The van der Waals surface area contributed by atoms with Crippen LogP contribution in [-0.4, -0.2) is 58.2 Å². The lowest BCUT2D eigenvalue weighted by molar-refractivity contribution is 0.0727. The number of aromatic nitrogens is 2. The lowest BCUT2D eigenvalue weighted by Gasteiger charge is -2.21. The molecule has 6 nitrogen and oxygen atoms in total. The van der Waals surface area contributed by atoms with Crippen LogP contribution in [0.4, 0.5) is 0 Å². The van der Waals surface area contributed by atoms with Crippen molar-refractivity contribution in [3.05, 3.63) is 39.5 Å². The Bertz CT molecular complexity index is 824. The molecule has 0 N–H and O–H groups in total. The molecule has 2 aromatic rings. The first kappa shape index (κ1) is 18.7. The highest BCUT2D eigenvalue weighted by atomic mass is 79.9. The summed E-state index contributed by atoms with van der Waals surface area (Å²) >= 11 is 3.55. The van der Waals surface area contributed by atoms with Crippen LogP contribution in [-0.2, 0) is 6.54 Å². The van der Waals surface area contributed by atoms with E-state index in [1.807, 2.05) is 29.5 Å². The van der Waals surface area contributed by atoms with Crippen LogP contribution in [0.5, 0.6) is 0 Å². The van der Waals surface area contributed by atoms with Gasteiger partial charge in [0.1, 0.15) is 5.76 Å². The molecule has 1 aliphatic carbocycles. The van der Waals surface area contributed by atoms with Gasteiger partial charge < -0.3 is 14.2 Å². The van der Waals surface area contributed by atoms with Crippen LogP contribution in [0.25, 0.3) is 0 Å². The third kappa shape index (κ3) is 4.29. The van der Waals surface area contributed by atoms with Gasteiger partial charge in [0.2, 0.25) is 0 Å². The summed E-state index contributed by atoms with van der Waals surface area (Å²) in [4.78, 5) is 17.3. The summed E-state index contributed by atoms with van der Waals surface area (Å²) in [5.74, 6) is 2.08. The molecule has 7 heteroatoms. The number of rotatable bonds is 5. The Morgan fingerprint density at radius 1 is 1.22 bits per heavy atom. The van der Waals surface area contributed by atoms with Gasteiger partial charge in [-0.15, -0.1) is 0 Å². The van der Waals surface area contributed by atoms with E-state index in [0.717, 1.165) is 60.1 Å². The van der Waals surface area contributed by atoms with E-state index in [-0.39, 0.29) is 5.91 Å². The van der Waals surface area contributed by atoms with Crippen LogP contribution < -0.4 is 0 Å². The maximum atomic E-state index is 12.9.